The first-order chi connectivity index (χ1) is 13.3. The minimum Gasteiger partial charge on any atom is -0.323 e. The van der Waals surface area contributed by atoms with Gasteiger partial charge in [-0.3, -0.25) is 9.36 Å². The van der Waals surface area contributed by atoms with Crippen LogP contribution in [-0.4, -0.2) is 31.1 Å². The maximum absolute atomic E-state index is 12.7. The third kappa shape index (κ3) is 4.91. The molecule has 0 aliphatic carbocycles. The lowest BCUT2D eigenvalue weighted by molar-refractivity contribution is -0.117. The first kappa shape index (κ1) is 20.8. The van der Waals surface area contributed by atoms with Gasteiger partial charge in [-0.05, 0) is 25.0 Å². The van der Waals surface area contributed by atoms with Crippen LogP contribution in [0.4, 0.5) is 18.9 Å². The first-order valence-electron chi connectivity index (χ1n) is 8.68. The van der Waals surface area contributed by atoms with E-state index in [4.69, 9.17) is 11.6 Å². The van der Waals surface area contributed by atoms with Crippen molar-refractivity contribution in [3.8, 4) is 0 Å². The molecule has 0 saturated heterocycles. The zero-order valence-corrected chi connectivity index (χ0v) is 16.3. The van der Waals surface area contributed by atoms with Crippen LogP contribution < -0.4 is 11.0 Å². The van der Waals surface area contributed by atoms with Crippen molar-refractivity contribution in [3.63, 3.8) is 0 Å². The molecule has 0 bridgehead atoms. The molecule has 0 spiro atoms. The van der Waals surface area contributed by atoms with Gasteiger partial charge in [0.1, 0.15) is 12.4 Å². The van der Waals surface area contributed by atoms with Gasteiger partial charge >= 0.3 is 11.9 Å². The Morgan fingerprint density at radius 3 is 2.79 bits per heavy atom. The number of fused-ring (bicyclic) bond motifs is 1. The summed E-state index contributed by atoms with van der Waals surface area (Å²) in [6, 6.07) is 6.05. The molecular formula is C17H18ClF3N4O2S. The highest BCUT2D eigenvalue weighted by atomic mass is 35.5. The minimum atomic E-state index is -4.58. The summed E-state index contributed by atoms with van der Waals surface area (Å²) in [5.41, 5.74) is -0.158. The minimum absolute atomic E-state index is 0.182. The maximum Gasteiger partial charge on any atom is 0.414 e. The Bertz CT molecular complexity index is 913. The van der Waals surface area contributed by atoms with E-state index < -0.39 is 16.8 Å². The molecule has 1 amide bonds. The van der Waals surface area contributed by atoms with E-state index in [-0.39, 0.29) is 22.8 Å². The Hall–Kier alpha value is -1.94. The number of nitrogens with one attached hydrogen (secondary N) is 1. The van der Waals surface area contributed by atoms with Crippen molar-refractivity contribution in [2.24, 2.45) is 0 Å². The summed E-state index contributed by atoms with van der Waals surface area (Å²) in [5.74, 6) is 0.1000. The third-order valence-corrected chi connectivity index (χ3v) is 5.82. The molecule has 1 aromatic carbocycles. The predicted molar refractivity (Wildman–Crippen MR) is 101 cm³/mol. The number of carbonyl (C=O) groups excluding carboxylic acids is 1. The van der Waals surface area contributed by atoms with E-state index in [1.54, 1.807) is 16.7 Å². The fraction of sp³-hybridized carbons (Fsp3) is 0.471. The molecule has 1 aliphatic heterocycles. The van der Waals surface area contributed by atoms with Gasteiger partial charge in [0.2, 0.25) is 5.91 Å². The van der Waals surface area contributed by atoms with Gasteiger partial charge in [0.25, 0.3) is 0 Å². The normalized spacial score (nSPS) is 15.6. The second kappa shape index (κ2) is 8.60. The molecule has 1 N–H and O–H groups in total. The summed E-state index contributed by atoms with van der Waals surface area (Å²) in [4.78, 5) is 25.0. The molecule has 2 heterocycles. The highest BCUT2D eigenvalue weighted by Gasteiger charge is 2.39. The monoisotopic (exact) mass is 434 g/mol. The van der Waals surface area contributed by atoms with E-state index in [1.165, 1.54) is 12.1 Å². The van der Waals surface area contributed by atoms with E-state index in [0.717, 1.165) is 23.9 Å². The lowest BCUT2D eigenvalue weighted by Gasteiger charge is -2.15. The molecule has 3 rings (SSSR count). The van der Waals surface area contributed by atoms with Crippen molar-refractivity contribution in [3.05, 3.63) is 40.6 Å². The summed E-state index contributed by atoms with van der Waals surface area (Å²) in [6.07, 6.45) is -1.06. The van der Waals surface area contributed by atoms with E-state index in [2.05, 4.69) is 10.4 Å². The van der Waals surface area contributed by atoms with Crippen molar-refractivity contribution < 1.29 is 18.0 Å². The van der Waals surface area contributed by atoms with Crippen LogP contribution in [0.5, 0.6) is 0 Å². The molecule has 6 nitrogen and oxygen atoms in total. The maximum atomic E-state index is 12.7. The van der Waals surface area contributed by atoms with Gasteiger partial charge in [-0.2, -0.15) is 18.3 Å². The van der Waals surface area contributed by atoms with Crippen LogP contribution >= 0.6 is 23.4 Å². The number of hydrogen-bond acceptors (Lipinski definition) is 4. The number of halogens is 4. The quantitative estimate of drug-likeness (QED) is 0.576. The summed E-state index contributed by atoms with van der Waals surface area (Å²) >= 11 is 5.78. The Morgan fingerprint density at radius 2 is 2.04 bits per heavy atom. The molecule has 0 fully saturated rings. The van der Waals surface area contributed by atoms with Crippen molar-refractivity contribution in [1.82, 2.24) is 14.3 Å². The van der Waals surface area contributed by atoms with Gasteiger partial charge in [0, 0.05) is 17.9 Å². The predicted octanol–water partition coefficient (Wildman–Crippen LogP) is 3.63. The van der Waals surface area contributed by atoms with Gasteiger partial charge in [-0.25, -0.2) is 9.48 Å². The summed E-state index contributed by atoms with van der Waals surface area (Å²) in [7, 11) is 0. The van der Waals surface area contributed by atoms with Crippen molar-refractivity contribution in [2.45, 2.75) is 54.6 Å². The number of thioether (sulfide) groups is 1. The zero-order chi connectivity index (χ0) is 20.3. The van der Waals surface area contributed by atoms with Crippen LogP contribution in [0.25, 0.3) is 0 Å². The number of aryl methyl sites for hydroxylation is 1. The van der Waals surface area contributed by atoms with Crippen molar-refractivity contribution >= 4 is 35.0 Å². The number of anilines is 1. The van der Waals surface area contributed by atoms with Crippen LogP contribution in [0, 0.1) is 0 Å². The van der Waals surface area contributed by atoms with Gasteiger partial charge < -0.3 is 5.32 Å². The van der Waals surface area contributed by atoms with Gasteiger partial charge in [0.15, 0.2) is 4.71 Å². The highest BCUT2D eigenvalue weighted by molar-refractivity contribution is 8.01. The number of nitrogens with zero attached hydrogens (tertiary/aromatic N) is 3. The summed E-state index contributed by atoms with van der Waals surface area (Å²) < 4.78 is 38.7. The van der Waals surface area contributed by atoms with Crippen LogP contribution in [-0.2, 0) is 24.3 Å². The molecule has 11 heteroatoms. The number of amides is 1. The molecule has 2 aromatic rings. The van der Waals surface area contributed by atoms with Crippen LogP contribution in [0.15, 0.2) is 34.0 Å². The Labute approximate surface area is 168 Å². The van der Waals surface area contributed by atoms with Crippen LogP contribution in [0.2, 0.25) is 0 Å². The standard InChI is InChI=1S/C17H18ClF3N4O2S/c18-15(17(19,20)21)28-12-7-4-3-6-11(12)22-14(26)10-25-16(27)24-9-5-1-2-8-13(24)23-25/h3-4,6-7,15H,1-2,5,8-10H2,(H,22,26). The second-order valence-electron chi connectivity index (χ2n) is 6.34. The number of benzene rings is 1. The molecule has 1 atom stereocenters. The highest BCUT2D eigenvalue weighted by Crippen LogP contribution is 2.40. The average Bonchev–Trinajstić information content (AvgIpc) is 2.80. The molecule has 0 radical (unpaired) electrons. The number of carbonyl (C=O) groups is 1. The first-order valence-corrected chi connectivity index (χ1v) is 10.00. The Balaban J connectivity index is 1.72. The van der Waals surface area contributed by atoms with Crippen LogP contribution in [0.3, 0.4) is 0 Å². The second-order valence-corrected chi connectivity index (χ2v) is 8.18. The number of alkyl halides is 4. The van der Waals surface area contributed by atoms with Gasteiger partial charge in [-0.15, -0.1) is 11.6 Å². The summed E-state index contributed by atoms with van der Waals surface area (Å²) in [5, 5.41) is 6.77. The number of para-hydroxylation sites is 1. The van der Waals surface area contributed by atoms with Crippen molar-refractivity contribution in [2.75, 3.05) is 5.32 Å². The molecular weight excluding hydrogens is 417 g/mol. The Kier molecular flexibility index (Phi) is 6.39. The zero-order valence-electron chi connectivity index (χ0n) is 14.7. The van der Waals surface area contributed by atoms with Crippen LogP contribution in [0.1, 0.15) is 25.1 Å². The van der Waals surface area contributed by atoms with Crippen molar-refractivity contribution in [1.29, 1.82) is 0 Å². The fourth-order valence-corrected chi connectivity index (χ4v) is 3.95. The largest absolute Gasteiger partial charge is 0.414 e. The summed E-state index contributed by atoms with van der Waals surface area (Å²) in [6.45, 7) is 0.255. The smallest absolute Gasteiger partial charge is 0.323 e. The number of aromatic nitrogens is 3. The number of rotatable bonds is 5. The molecule has 1 unspecified atom stereocenters. The number of hydrogen-bond donors (Lipinski definition) is 1. The topological polar surface area (TPSA) is 68.9 Å². The average molecular weight is 435 g/mol. The lowest BCUT2D eigenvalue weighted by Crippen LogP contribution is -2.30. The molecule has 152 valence electrons. The molecule has 0 saturated carbocycles. The van der Waals surface area contributed by atoms with Gasteiger partial charge in [-0.1, -0.05) is 30.3 Å². The van der Waals surface area contributed by atoms with E-state index >= 15 is 0 Å². The third-order valence-electron chi connectivity index (χ3n) is 4.22. The van der Waals surface area contributed by atoms with E-state index in [9.17, 15) is 22.8 Å². The SMILES string of the molecule is O=C(Cn1nc2n(c1=O)CCCCC2)Nc1ccccc1SC(Cl)C(F)(F)F. The molecule has 28 heavy (non-hydrogen) atoms. The van der Waals surface area contributed by atoms with E-state index in [0.29, 0.717) is 30.6 Å². The molecule has 1 aromatic heterocycles. The Morgan fingerprint density at radius 1 is 1.29 bits per heavy atom. The van der Waals surface area contributed by atoms with Gasteiger partial charge in [0.05, 0.1) is 5.69 Å². The van der Waals surface area contributed by atoms with E-state index in [1.807, 2.05) is 0 Å². The fourth-order valence-electron chi connectivity index (χ4n) is 2.91. The lowest BCUT2D eigenvalue weighted by atomic mass is 10.2. The molecule has 1 aliphatic rings.